The topological polar surface area (TPSA) is 125 Å². The van der Waals surface area contributed by atoms with Crippen LogP contribution in [0.1, 0.15) is 44.5 Å². The fourth-order valence-electron chi connectivity index (χ4n) is 7.07. The highest BCUT2D eigenvalue weighted by atomic mass is 16.4. The lowest BCUT2D eigenvalue weighted by atomic mass is 10.0. The monoisotopic (exact) mass is 819 g/mol. The van der Waals surface area contributed by atoms with E-state index >= 15 is 0 Å². The number of benzene rings is 7. The predicted molar refractivity (Wildman–Crippen MR) is 255 cm³/mol. The van der Waals surface area contributed by atoms with Crippen LogP contribution in [-0.4, -0.2) is 22.2 Å². The molecule has 0 aliphatic heterocycles. The van der Waals surface area contributed by atoms with Gasteiger partial charge in [0.2, 0.25) is 0 Å². The summed E-state index contributed by atoms with van der Waals surface area (Å²) in [5, 5.41) is 36.4. The number of carboxylic acid groups (broad SMARTS) is 2. The van der Waals surface area contributed by atoms with E-state index in [1.165, 1.54) is 23.3 Å². The van der Waals surface area contributed by atoms with E-state index in [0.29, 0.717) is 11.1 Å². The minimum Gasteiger partial charge on any atom is -0.477 e. The van der Waals surface area contributed by atoms with Gasteiger partial charge in [0, 0.05) is 17.1 Å². The average Bonchev–Trinajstić information content (AvgIpc) is 3.30. The molecule has 0 bridgehead atoms. The molecule has 0 saturated heterocycles. The summed E-state index contributed by atoms with van der Waals surface area (Å²) in [6.45, 7) is 4.24. The van der Waals surface area contributed by atoms with Crippen LogP contribution in [0.25, 0.3) is 58.7 Å². The van der Waals surface area contributed by atoms with Gasteiger partial charge < -0.3 is 15.1 Å². The second kappa shape index (κ2) is 19.5. The molecular weight excluding hydrogens is 779 g/mol. The summed E-state index contributed by atoms with van der Waals surface area (Å²) in [6.07, 6.45) is 11.1. The van der Waals surface area contributed by atoms with Gasteiger partial charge >= 0.3 is 11.9 Å². The fraction of sp³-hybridized carbons (Fsp3) is 0.0357. The maximum absolute atomic E-state index is 11.2. The number of hydrogen-bond acceptors (Lipinski definition) is 5. The van der Waals surface area contributed by atoms with Crippen molar-refractivity contribution in [1.82, 2.24) is 0 Å². The molecule has 0 spiro atoms. The van der Waals surface area contributed by atoms with Gasteiger partial charge in [-0.2, -0.15) is 10.5 Å². The number of nitriles is 2. The third-order valence-corrected chi connectivity index (χ3v) is 10.5. The summed E-state index contributed by atoms with van der Waals surface area (Å²) in [6, 6.07) is 58.3. The van der Waals surface area contributed by atoms with Crippen molar-refractivity contribution < 1.29 is 19.8 Å². The number of anilines is 3. The van der Waals surface area contributed by atoms with Crippen LogP contribution in [-0.2, 0) is 9.59 Å². The molecule has 0 aromatic heterocycles. The summed E-state index contributed by atoms with van der Waals surface area (Å²) in [5.74, 6) is -2.49. The first-order chi connectivity index (χ1) is 30.6. The Kier molecular flexibility index (Phi) is 13.1. The van der Waals surface area contributed by atoms with Crippen LogP contribution >= 0.6 is 0 Å². The highest BCUT2D eigenvalue weighted by Gasteiger charge is 2.15. The Labute approximate surface area is 367 Å². The maximum Gasteiger partial charge on any atom is 0.346 e. The standard InChI is InChI=1S/C56H41N3O4/c1-38-3-32-54(39(2)33-38)59(52-28-16-42(17-29-52)6-4-40-8-20-46(21-9-40)48-24-12-44(13-25-48)34-50(36-57)55(60)61)53-30-18-43(19-31-53)7-5-41-10-22-47(23-11-41)49-26-14-45(15-27-49)35-51(37-58)56(62)63/h3-35H,1-2H3,(H,60,61)(H,62,63)/b6-4+,7-5+,50-34-,51-35-. The molecule has 0 fully saturated rings. The molecule has 7 aromatic carbocycles. The largest absolute Gasteiger partial charge is 0.477 e. The van der Waals surface area contributed by atoms with Crippen molar-refractivity contribution in [3.8, 4) is 34.4 Å². The fourth-order valence-corrected chi connectivity index (χ4v) is 7.07. The minimum absolute atomic E-state index is 0.305. The van der Waals surface area contributed by atoms with Gasteiger partial charge in [-0.15, -0.1) is 0 Å². The molecule has 63 heavy (non-hydrogen) atoms. The Hall–Kier alpha value is -8.78. The smallest absolute Gasteiger partial charge is 0.346 e. The van der Waals surface area contributed by atoms with Crippen LogP contribution in [0.5, 0.6) is 0 Å². The first kappa shape index (κ1) is 42.3. The number of aryl methyl sites for hydroxylation is 2. The van der Waals surface area contributed by atoms with E-state index in [9.17, 15) is 9.59 Å². The van der Waals surface area contributed by atoms with E-state index in [2.05, 4.69) is 158 Å². The number of hydrogen-bond donors (Lipinski definition) is 2. The molecule has 7 heteroatoms. The molecule has 0 aliphatic rings. The van der Waals surface area contributed by atoms with Crippen LogP contribution in [0.4, 0.5) is 17.1 Å². The lowest BCUT2D eigenvalue weighted by Gasteiger charge is -2.27. The summed E-state index contributed by atoms with van der Waals surface area (Å²) >= 11 is 0. The van der Waals surface area contributed by atoms with Crippen molar-refractivity contribution in [2.24, 2.45) is 0 Å². The Morgan fingerprint density at radius 1 is 0.444 bits per heavy atom. The molecule has 0 heterocycles. The Morgan fingerprint density at radius 2 is 0.746 bits per heavy atom. The van der Waals surface area contributed by atoms with Crippen LogP contribution in [0, 0.1) is 36.5 Å². The van der Waals surface area contributed by atoms with Crippen molar-refractivity contribution in [3.05, 3.63) is 219 Å². The average molecular weight is 820 g/mol. The Morgan fingerprint density at radius 3 is 1.03 bits per heavy atom. The lowest BCUT2D eigenvalue weighted by Crippen LogP contribution is -2.11. The highest BCUT2D eigenvalue weighted by Crippen LogP contribution is 2.37. The summed E-state index contributed by atoms with van der Waals surface area (Å²) in [4.78, 5) is 24.6. The van der Waals surface area contributed by atoms with Crippen molar-refractivity contribution in [2.45, 2.75) is 13.8 Å². The molecule has 304 valence electrons. The van der Waals surface area contributed by atoms with Crippen molar-refractivity contribution in [2.75, 3.05) is 4.90 Å². The van der Waals surface area contributed by atoms with Gasteiger partial charge in [0.15, 0.2) is 0 Å². The van der Waals surface area contributed by atoms with Gasteiger partial charge in [0.1, 0.15) is 23.3 Å². The molecule has 0 aliphatic carbocycles. The first-order valence-corrected chi connectivity index (χ1v) is 20.1. The zero-order valence-electron chi connectivity index (χ0n) is 34.6. The molecule has 7 aromatic rings. The third-order valence-electron chi connectivity index (χ3n) is 10.5. The molecule has 7 nitrogen and oxygen atoms in total. The maximum atomic E-state index is 11.2. The summed E-state index contributed by atoms with van der Waals surface area (Å²) < 4.78 is 0. The van der Waals surface area contributed by atoms with Gasteiger partial charge in [-0.25, -0.2) is 9.59 Å². The van der Waals surface area contributed by atoms with Crippen molar-refractivity contribution in [3.63, 3.8) is 0 Å². The van der Waals surface area contributed by atoms with E-state index < -0.39 is 11.9 Å². The third kappa shape index (κ3) is 10.7. The lowest BCUT2D eigenvalue weighted by molar-refractivity contribution is -0.133. The van der Waals surface area contributed by atoms with Crippen molar-refractivity contribution >= 4 is 65.5 Å². The molecular formula is C56H41N3O4. The van der Waals surface area contributed by atoms with E-state index in [-0.39, 0.29) is 11.1 Å². The summed E-state index contributed by atoms with van der Waals surface area (Å²) in [7, 11) is 0. The van der Waals surface area contributed by atoms with Gasteiger partial charge in [-0.3, -0.25) is 0 Å². The Balaban J connectivity index is 1.03. The van der Waals surface area contributed by atoms with E-state index in [4.69, 9.17) is 20.7 Å². The quantitative estimate of drug-likeness (QED) is 0.0674. The SMILES string of the molecule is Cc1ccc(N(c2ccc(/C=C/c3ccc(-c4ccc(/C=C(/C#N)C(=O)O)cc4)cc3)cc2)c2ccc(/C=C/c3ccc(-c4ccc(/C=C(/C#N)C(=O)O)cc4)cc3)cc2)c(C)c1. The second-order valence-corrected chi connectivity index (χ2v) is 14.9. The molecule has 0 atom stereocenters. The zero-order valence-corrected chi connectivity index (χ0v) is 34.6. The second-order valence-electron chi connectivity index (χ2n) is 14.9. The first-order valence-electron chi connectivity index (χ1n) is 20.1. The molecule has 0 unspecified atom stereocenters. The van der Waals surface area contributed by atoms with Gasteiger partial charge in [0.05, 0.1) is 0 Å². The van der Waals surface area contributed by atoms with Crippen LogP contribution in [0.15, 0.2) is 175 Å². The summed E-state index contributed by atoms with van der Waals surface area (Å²) in [5.41, 5.74) is 14.5. The number of nitrogens with zero attached hydrogens (tertiary/aromatic N) is 3. The predicted octanol–water partition coefficient (Wildman–Crippen LogP) is 13.4. The number of rotatable bonds is 13. The zero-order chi connectivity index (χ0) is 44.3. The van der Waals surface area contributed by atoms with E-state index in [0.717, 1.165) is 61.6 Å². The van der Waals surface area contributed by atoms with Crippen LogP contribution in [0.2, 0.25) is 0 Å². The molecule has 0 radical (unpaired) electrons. The molecule has 0 saturated carbocycles. The number of aliphatic carboxylic acids is 2. The molecule has 7 rings (SSSR count). The van der Waals surface area contributed by atoms with Crippen LogP contribution < -0.4 is 4.90 Å². The van der Waals surface area contributed by atoms with Gasteiger partial charge in [-0.1, -0.05) is 163 Å². The van der Waals surface area contributed by atoms with E-state index in [1.807, 2.05) is 24.3 Å². The van der Waals surface area contributed by atoms with Crippen LogP contribution in [0.3, 0.4) is 0 Å². The Bertz CT molecular complexity index is 2800. The normalized spacial score (nSPS) is 11.6. The van der Waals surface area contributed by atoms with E-state index in [1.54, 1.807) is 36.4 Å². The number of carbonyl (C=O) groups is 2. The molecule has 0 amide bonds. The molecule has 2 N–H and O–H groups in total. The number of carboxylic acids is 2. The van der Waals surface area contributed by atoms with Crippen molar-refractivity contribution in [1.29, 1.82) is 10.5 Å². The van der Waals surface area contributed by atoms with Gasteiger partial charge in [0.25, 0.3) is 0 Å². The highest BCUT2D eigenvalue weighted by molar-refractivity contribution is 5.97. The van der Waals surface area contributed by atoms with Gasteiger partial charge in [-0.05, 0) is 118 Å². The minimum atomic E-state index is -1.24.